The van der Waals surface area contributed by atoms with Gasteiger partial charge >= 0.3 is 12.0 Å². The third-order valence-corrected chi connectivity index (χ3v) is 2.74. The topological polar surface area (TPSA) is 78.4 Å². The maximum Gasteiger partial charge on any atom is 0.337 e. The predicted molar refractivity (Wildman–Crippen MR) is 77.2 cm³/mol. The van der Waals surface area contributed by atoms with Gasteiger partial charge in [0.05, 0.1) is 11.3 Å². The van der Waals surface area contributed by atoms with Crippen molar-refractivity contribution in [2.45, 2.75) is 6.92 Å². The first-order valence-corrected chi connectivity index (χ1v) is 6.13. The molecule has 6 heteroatoms. The molecule has 0 aliphatic carbocycles. The second-order valence-electron chi connectivity index (χ2n) is 4.44. The Morgan fingerprint density at radius 1 is 1.10 bits per heavy atom. The SMILES string of the molecule is Cc1cccc(NC(=O)Nc2ccc(F)cc2C(=O)O)c1. The Morgan fingerprint density at radius 3 is 2.52 bits per heavy atom. The van der Waals surface area contributed by atoms with Gasteiger partial charge in [-0.2, -0.15) is 0 Å². The molecule has 0 fully saturated rings. The maximum absolute atomic E-state index is 13.0. The van der Waals surface area contributed by atoms with Crippen LogP contribution >= 0.6 is 0 Å². The van der Waals surface area contributed by atoms with Crippen LogP contribution in [0.15, 0.2) is 42.5 Å². The van der Waals surface area contributed by atoms with Gasteiger partial charge in [0, 0.05) is 5.69 Å². The number of anilines is 2. The fourth-order valence-corrected chi connectivity index (χ4v) is 1.81. The van der Waals surface area contributed by atoms with Gasteiger partial charge in [-0.3, -0.25) is 0 Å². The number of halogens is 1. The molecule has 21 heavy (non-hydrogen) atoms. The number of urea groups is 1. The standard InChI is InChI=1S/C15H13FN2O3/c1-9-3-2-4-11(7-9)17-15(21)18-13-6-5-10(16)8-12(13)14(19)20/h2-8H,1H3,(H,19,20)(H2,17,18,21). The molecule has 2 rings (SSSR count). The molecule has 0 aliphatic heterocycles. The minimum Gasteiger partial charge on any atom is -0.478 e. The van der Waals surface area contributed by atoms with Gasteiger partial charge in [-0.25, -0.2) is 14.0 Å². The molecule has 3 N–H and O–H groups in total. The number of carbonyl (C=O) groups excluding carboxylic acids is 1. The molecule has 2 aromatic carbocycles. The highest BCUT2D eigenvalue weighted by atomic mass is 19.1. The van der Waals surface area contributed by atoms with E-state index in [2.05, 4.69) is 10.6 Å². The van der Waals surface area contributed by atoms with E-state index in [1.54, 1.807) is 18.2 Å². The average molecular weight is 288 g/mol. The number of carbonyl (C=O) groups is 2. The van der Waals surface area contributed by atoms with Crippen LogP contribution in [0.25, 0.3) is 0 Å². The van der Waals surface area contributed by atoms with E-state index >= 15 is 0 Å². The highest BCUT2D eigenvalue weighted by Gasteiger charge is 2.13. The molecule has 0 radical (unpaired) electrons. The lowest BCUT2D eigenvalue weighted by Gasteiger charge is -2.10. The molecular weight excluding hydrogens is 275 g/mol. The third-order valence-electron chi connectivity index (χ3n) is 2.74. The third kappa shape index (κ3) is 3.79. The van der Waals surface area contributed by atoms with Gasteiger partial charge in [-0.1, -0.05) is 12.1 Å². The van der Waals surface area contributed by atoms with Crippen LogP contribution < -0.4 is 10.6 Å². The number of benzene rings is 2. The Kier molecular flexibility index (Phi) is 4.18. The fourth-order valence-electron chi connectivity index (χ4n) is 1.81. The van der Waals surface area contributed by atoms with E-state index in [-0.39, 0.29) is 11.3 Å². The minimum atomic E-state index is -1.32. The number of rotatable bonds is 3. The van der Waals surface area contributed by atoms with Crippen LogP contribution in [-0.2, 0) is 0 Å². The number of amides is 2. The zero-order valence-electron chi connectivity index (χ0n) is 11.2. The second-order valence-corrected chi connectivity index (χ2v) is 4.44. The van der Waals surface area contributed by atoms with Gasteiger partial charge in [0.25, 0.3) is 0 Å². The quantitative estimate of drug-likeness (QED) is 0.809. The molecule has 0 aliphatic rings. The summed E-state index contributed by atoms with van der Waals surface area (Å²) in [6.45, 7) is 1.88. The summed E-state index contributed by atoms with van der Waals surface area (Å²) in [5, 5.41) is 14.0. The number of aryl methyl sites for hydroxylation is 1. The van der Waals surface area contributed by atoms with Gasteiger partial charge in [0.2, 0.25) is 0 Å². The van der Waals surface area contributed by atoms with Crippen LogP contribution in [0.5, 0.6) is 0 Å². The number of carboxylic acid groups (broad SMARTS) is 1. The van der Waals surface area contributed by atoms with E-state index in [1.165, 1.54) is 6.07 Å². The average Bonchev–Trinajstić information content (AvgIpc) is 2.40. The molecule has 0 heterocycles. The number of hydrogen-bond acceptors (Lipinski definition) is 2. The van der Waals surface area contributed by atoms with Gasteiger partial charge in [0.15, 0.2) is 0 Å². The summed E-state index contributed by atoms with van der Waals surface area (Å²) in [6.07, 6.45) is 0. The van der Waals surface area contributed by atoms with Crippen molar-refractivity contribution in [2.24, 2.45) is 0 Å². The molecule has 0 saturated heterocycles. The van der Waals surface area contributed by atoms with E-state index in [9.17, 15) is 14.0 Å². The zero-order valence-corrected chi connectivity index (χ0v) is 11.2. The van der Waals surface area contributed by atoms with Crippen molar-refractivity contribution in [3.8, 4) is 0 Å². The highest BCUT2D eigenvalue weighted by Crippen LogP contribution is 2.18. The summed E-state index contributed by atoms with van der Waals surface area (Å²) in [6, 6.07) is 9.66. The van der Waals surface area contributed by atoms with Crippen molar-refractivity contribution >= 4 is 23.4 Å². The number of hydrogen-bond donors (Lipinski definition) is 3. The maximum atomic E-state index is 13.0. The summed E-state index contributed by atoms with van der Waals surface area (Å²) in [5.41, 5.74) is 1.26. The van der Waals surface area contributed by atoms with Gasteiger partial charge in [0.1, 0.15) is 5.82 Å². The van der Waals surface area contributed by atoms with E-state index in [1.807, 2.05) is 13.0 Å². The summed E-state index contributed by atoms with van der Waals surface area (Å²) in [4.78, 5) is 22.9. The van der Waals surface area contributed by atoms with Crippen molar-refractivity contribution in [3.63, 3.8) is 0 Å². The van der Waals surface area contributed by atoms with E-state index in [0.29, 0.717) is 5.69 Å². The largest absolute Gasteiger partial charge is 0.478 e. The van der Waals surface area contributed by atoms with Crippen LogP contribution in [0.3, 0.4) is 0 Å². The molecule has 0 aromatic heterocycles. The van der Waals surface area contributed by atoms with E-state index < -0.39 is 17.8 Å². The Balaban J connectivity index is 2.15. The molecule has 0 unspecified atom stereocenters. The molecule has 0 atom stereocenters. The summed E-state index contributed by atoms with van der Waals surface area (Å²) >= 11 is 0. The van der Waals surface area contributed by atoms with E-state index in [4.69, 9.17) is 5.11 Å². The first-order valence-electron chi connectivity index (χ1n) is 6.13. The minimum absolute atomic E-state index is 0.0223. The summed E-state index contributed by atoms with van der Waals surface area (Å²) in [7, 11) is 0. The van der Waals surface area contributed by atoms with Crippen LogP contribution in [0.2, 0.25) is 0 Å². The van der Waals surface area contributed by atoms with Crippen LogP contribution in [0.1, 0.15) is 15.9 Å². The van der Waals surface area contributed by atoms with E-state index in [0.717, 1.165) is 17.7 Å². The van der Waals surface area contributed by atoms with Crippen molar-refractivity contribution in [1.82, 2.24) is 0 Å². The first kappa shape index (κ1) is 14.5. The fraction of sp³-hybridized carbons (Fsp3) is 0.0667. The van der Waals surface area contributed by atoms with Crippen LogP contribution in [-0.4, -0.2) is 17.1 Å². The van der Waals surface area contributed by atoms with Crippen molar-refractivity contribution < 1.29 is 19.1 Å². The molecule has 2 amide bonds. The number of nitrogens with one attached hydrogen (secondary N) is 2. The number of carboxylic acids is 1. The molecule has 5 nitrogen and oxygen atoms in total. The summed E-state index contributed by atoms with van der Waals surface area (Å²) < 4.78 is 13.0. The van der Waals surface area contributed by atoms with Gasteiger partial charge in [-0.15, -0.1) is 0 Å². The van der Waals surface area contributed by atoms with Crippen LogP contribution in [0.4, 0.5) is 20.6 Å². The second kappa shape index (κ2) is 6.04. The zero-order chi connectivity index (χ0) is 15.4. The molecular formula is C15H13FN2O3. The Hall–Kier alpha value is -2.89. The molecule has 2 aromatic rings. The molecule has 0 saturated carbocycles. The predicted octanol–water partition coefficient (Wildman–Crippen LogP) is 3.48. The molecule has 0 bridgehead atoms. The Morgan fingerprint density at radius 2 is 1.86 bits per heavy atom. The van der Waals surface area contributed by atoms with Gasteiger partial charge in [-0.05, 0) is 42.8 Å². The lowest BCUT2D eigenvalue weighted by molar-refractivity contribution is 0.0697. The van der Waals surface area contributed by atoms with Crippen molar-refractivity contribution in [2.75, 3.05) is 10.6 Å². The lowest BCUT2D eigenvalue weighted by atomic mass is 10.1. The normalized spacial score (nSPS) is 10.0. The van der Waals surface area contributed by atoms with Gasteiger partial charge < -0.3 is 15.7 Å². The Bertz CT molecular complexity index is 701. The first-order chi connectivity index (χ1) is 9.95. The Labute approximate surface area is 120 Å². The highest BCUT2D eigenvalue weighted by molar-refractivity contribution is 6.04. The van der Waals surface area contributed by atoms with Crippen LogP contribution in [0, 0.1) is 12.7 Å². The van der Waals surface area contributed by atoms with Crippen molar-refractivity contribution in [3.05, 3.63) is 59.4 Å². The van der Waals surface area contributed by atoms with Crippen molar-refractivity contribution in [1.29, 1.82) is 0 Å². The monoisotopic (exact) mass is 288 g/mol. The lowest BCUT2D eigenvalue weighted by Crippen LogP contribution is -2.21. The molecule has 108 valence electrons. The smallest absolute Gasteiger partial charge is 0.337 e. The summed E-state index contributed by atoms with van der Waals surface area (Å²) in [5.74, 6) is -2.00. The molecule has 0 spiro atoms. The number of aromatic carboxylic acids is 1.